The molecular formula is C17H28N2O. The van der Waals surface area contributed by atoms with Crippen molar-refractivity contribution >= 4 is 0 Å². The second kappa shape index (κ2) is 7.65. The van der Waals surface area contributed by atoms with Gasteiger partial charge in [-0.2, -0.15) is 0 Å². The van der Waals surface area contributed by atoms with Crippen LogP contribution in [0.25, 0.3) is 0 Å². The number of hydrogen-bond donors (Lipinski definition) is 1. The molecular weight excluding hydrogens is 248 g/mol. The summed E-state index contributed by atoms with van der Waals surface area (Å²) in [6.07, 6.45) is 3.76. The van der Waals surface area contributed by atoms with Gasteiger partial charge in [0.1, 0.15) is 5.75 Å². The van der Waals surface area contributed by atoms with Crippen LogP contribution in [-0.2, 0) is 0 Å². The molecule has 1 aromatic rings. The summed E-state index contributed by atoms with van der Waals surface area (Å²) in [4.78, 5) is 2.58. The van der Waals surface area contributed by atoms with Crippen molar-refractivity contribution in [3.63, 3.8) is 0 Å². The van der Waals surface area contributed by atoms with Crippen LogP contribution >= 0.6 is 0 Å². The van der Waals surface area contributed by atoms with E-state index in [0.29, 0.717) is 6.04 Å². The van der Waals surface area contributed by atoms with Crippen molar-refractivity contribution in [3.05, 3.63) is 29.8 Å². The Kier molecular flexibility index (Phi) is 5.86. The number of rotatable bonds is 6. The fourth-order valence-corrected chi connectivity index (χ4v) is 3.23. The zero-order valence-corrected chi connectivity index (χ0v) is 12.8. The SMILES string of the molecule is CCOc1ccccc1C(C)N1CCCC(CCN)C1. The van der Waals surface area contributed by atoms with Gasteiger partial charge >= 0.3 is 0 Å². The molecule has 2 atom stereocenters. The van der Waals surface area contributed by atoms with Crippen LogP contribution in [0.3, 0.4) is 0 Å². The number of benzene rings is 1. The molecule has 1 fully saturated rings. The smallest absolute Gasteiger partial charge is 0.124 e. The van der Waals surface area contributed by atoms with Gasteiger partial charge < -0.3 is 10.5 Å². The molecule has 1 aromatic carbocycles. The van der Waals surface area contributed by atoms with Crippen LogP contribution < -0.4 is 10.5 Å². The lowest BCUT2D eigenvalue weighted by Gasteiger charge is -2.37. The maximum Gasteiger partial charge on any atom is 0.124 e. The molecule has 1 saturated heterocycles. The minimum Gasteiger partial charge on any atom is -0.494 e. The van der Waals surface area contributed by atoms with Gasteiger partial charge in [-0.25, -0.2) is 0 Å². The van der Waals surface area contributed by atoms with E-state index in [9.17, 15) is 0 Å². The number of hydrogen-bond acceptors (Lipinski definition) is 3. The Balaban J connectivity index is 2.08. The van der Waals surface area contributed by atoms with Gasteiger partial charge in [-0.1, -0.05) is 18.2 Å². The largest absolute Gasteiger partial charge is 0.494 e. The fourth-order valence-electron chi connectivity index (χ4n) is 3.23. The van der Waals surface area contributed by atoms with Gasteiger partial charge in [0, 0.05) is 18.2 Å². The molecule has 0 radical (unpaired) electrons. The predicted octanol–water partition coefficient (Wildman–Crippen LogP) is 3.21. The number of likely N-dealkylation sites (tertiary alicyclic amines) is 1. The lowest BCUT2D eigenvalue weighted by Crippen LogP contribution is -2.38. The standard InChI is InChI=1S/C17H28N2O/c1-3-20-17-9-5-4-8-16(17)14(2)19-12-6-7-15(13-19)10-11-18/h4-5,8-9,14-15H,3,6-7,10-13,18H2,1-2H3. The van der Waals surface area contributed by atoms with Crippen LogP contribution in [0.4, 0.5) is 0 Å². The Morgan fingerprint density at radius 2 is 2.20 bits per heavy atom. The molecule has 0 amide bonds. The molecule has 2 rings (SSSR count). The predicted molar refractivity (Wildman–Crippen MR) is 84.0 cm³/mol. The van der Waals surface area contributed by atoms with E-state index in [4.69, 9.17) is 10.5 Å². The van der Waals surface area contributed by atoms with Crippen molar-refractivity contribution in [3.8, 4) is 5.75 Å². The monoisotopic (exact) mass is 276 g/mol. The highest BCUT2D eigenvalue weighted by Crippen LogP contribution is 2.32. The van der Waals surface area contributed by atoms with Gasteiger partial charge in [-0.05, 0) is 58.2 Å². The normalized spacial score (nSPS) is 21.6. The molecule has 112 valence electrons. The number of ether oxygens (including phenoxy) is 1. The molecule has 0 aliphatic carbocycles. The Bertz CT molecular complexity index is 406. The molecule has 1 aliphatic heterocycles. The molecule has 0 bridgehead atoms. The molecule has 0 aromatic heterocycles. The first-order valence-electron chi connectivity index (χ1n) is 7.92. The highest BCUT2D eigenvalue weighted by Gasteiger charge is 2.25. The molecule has 0 saturated carbocycles. The summed E-state index contributed by atoms with van der Waals surface area (Å²) in [6.45, 7) is 8.21. The third-order valence-electron chi connectivity index (χ3n) is 4.34. The highest BCUT2D eigenvalue weighted by atomic mass is 16.5. The van der Waals surface area contributed by atoms with E-state index in [-0.39, 0.29) is 0 Å². The summed E-state index contributed by atoms with van der Waals surface area (Å²) in [5, 5.41) is 0. The van der Waals surface area contributed by atoms with E-state index in [1.807, 2.05) is 6.92 Å². The van der Waals surface area contributed by atoms with Gasteiger partial charge in [-0.15, -0.1) is 0 Å². The van der Waals surface area contributed by atoms with E-state index in [0.717, 1.165) is 31.2 Å². The summed E-state index contributed by atoms with van der Waals surface area (Å²) in [7, 11) is 0. The third kappa shape index (κ3) is 3.74. The summed E-state index contributed by atoms with van der Waals surface area (Å²) < 4.78 is 5.78. The maximum atomic E-state index is 5.78. The van der Waals surface area contributed by atoms with Gasteiger partial charge in [0.05, 0.1) is 6.61 Å². The van der Waals surface area contributed by atoms with E-state index in [1.54, 1.807) is 0 Å². The van der Waals surface area contributed by atoms with Crippen molar-refractivity contribution in [2.75, 3.05) is 26.2 Å². The minimum absolute atomic E-state index is 0.415. The van der Waals surface area contributed by atoms with Crippen molar-refractivity contribution in [2.45, 2.75) is 39.2 Å². The van der Waals surface area contributed by atoms with Crippen LogP contribution in [0.1, 0.15) is 44.7 Å². The quantitative estimate of drug-likeness (QED) is 0.867. The molecule has 20 heavy (non-hydrogen) atoms. The van der Waals surface area contributed by atoms with Crippen molar-refractivity contribution < 1.29 is 4.74 Å². The third-order valence-corrected chi connectivity index (χ3v) is 4.34. The number of para-hydroxylation sites is 1. The molecule has 1 heterocycles. The maximum absolute atomic E-state index is 5.78. The first-order chi connectivity index (χ1) is 9.76. The summed E-state index contributed by atoms with van der Waals surface area (Å²) in [5.74, 6) is 1.79. The fraction of sp³-hybridized carbons (Fsp3) is 0.647. The second-order valence-corrected chi connectivity index (χ2v) is 5.73. The summed E-state index contributed by atoms with van der Waals surface area (Å²) in [6, 6.07) is 8.85. The zero-order chi connectivity index (χ0) is 14.4. The topological polar surface area (TPSA) is 38.5 Å². The van der Waals surface area contributed by atoms with E-state index in [1.165, 1.54) is 31.5 Å². The van der Waals surface area contributed by atoms with Gasteiger partial charge in [0.25, 0.3) is 0 Å². The Morgan fingerprint density at radius 1 is 1.40 bits per heavy atom. The van der Waals surface area contributed by atoms with Crippen LogP contribution in [0.15, 0.2) is 24.3 Å². The second-order valence-electron chi connectivity index (χ2n) is 5.73. The van der Waals surface area contributed by atoms with Crippen LogP contribution in [0.2, 0.25) is 0 Å². The van der Waals surface area contributed by atoms with E-state index in [2.05, 4.69) is 36.1 Å². The zero-order valence-electron chi connectivity index (χ0n) is 12.8. The molecule has 3 heteroatoms. The minimum atomic E-state index is 0.415. The van der Waals surface area contributed by atoms with Crippen molar-refractivity contribution in [1.29, 1.82) is 0 Å². The lowest BCUT2D eigenvalue weighted by molar-refractivity contribution is 0.126. The molecule has 0 spiro atoms. The first kappa shape index (κ1) is 15.3. The Hall–Kier alpha value is -1.06. The van der Waals surface area contributed by atoms with Gasteiger partial charge in [-0.3, -0.25) is 4.90 Å². The van der Waals surface area contributed by atoms with Gasteiger partial charge in [0.15, 0.2) is 0 Å². The van der Waals surface area contributed by atoms with Crippen LogP contribution in [0.5, 0.6) is 5.75 Å². The average Bonchev–Trinajstić information content (AvgIpc) is 2.48. The molecule has 2 N–H and O–H groups in total. The molecule has 1 aliphatic rings. The van der Waals surface area contributed by atoms with Crippen LogP contribution in [0, 0.1) is 5.92 Å². The van der Waals surface area contributed by atoms with Crippen molar-refractivity contribution in [2.24, 2.45) is 11.7 Å². The van der Waals surface area contributed by atoms with E-state index < -0.39 is 0 Å². The number of piperidine rings is 1. The first-order valence-corrected chi connectivity index (χ1v) is 7.92. The lowest BCUT2D eigenvalue weighted by atomic mass is 9.92. The average molecular weight is 276 g/mol. The number of nitrogens with two attached hydrogens (primary N) is 1. The van der Waals surface area contributed by atoms with Gasteiger partial charge in [0.2, 0.25) is 0 Å². The highest BCUT2D eigenvalue weighted by molar-refractivity contribution is 5.35. The van der Waals surface area contributed by atoms with E-state index >= 15 is 0 Å². The summed E-state index contributed by atoms with van der Waals surface area (Å²) in [5.41, 5.74) is 7.03. The Labute approximate surface area is 123 Å². The molecule has 2 unspecified atom stereocenters. The van der Waals surface area contributed by atoms with Crippen LogP contribution in [-0.4, -0.2) is 31.1 Å². The van der Waals surface area contributed by atoms with Crippen molar-refractivity contribution in [1.82, 2.24) is 4.90 Å². The number of nitrogens with zero attached hydrogens (tertiary/aromatic N) is 1. The Morgan fingerprint density at radius 3 is 2.95 bits per heavy atom. The molecule has 3 nitrogen and oxygen atoms in total. The summed E-state index contributed by atoms with van der Waals surface area (Å²) >= 11 is 0.